The fourth-order valence-electron chi connectivity index (χ4n) is 1.91. The maximum atomic E-state index is 11.9. The molecule has 1 rings (SSSR count). The van der Waals surface area contributed by atoms with Gasteiger partial charge in [0, 0.05) is 32.4 Å². The molecule has 0 aromatic heterocycles. The predicted molar refractivity (Wildman–Crippen MR) is 62.5 cm³/mol. The number of carbonyl (C=O) groups is 2. The van der Waals surface area contributed by atoms with Gasteiger partial charge in [-0.3, -0.25) is 4.79 Å². The van der Waals surface area contributed by atoms with Crippen LogP contribution in [-0.4, -0.2) is 45.7 Å². The van der Waals surface area contributed by atoms with Gasteiger partial charge in [0.25, 0.3) is 0 Å². The number of carboxylic acid groups (broad SMARTS) is 1. The summed E-state index contributed by atoms with van der Waals surface area (Å²) in [6.45, 7) is 6.60. The summed E-state index contributed by atoms with van der Waals surface area (Å²) < 4.78 is 0. The first-order valence-electron chi connectivity index (χ1n) is 5.88. The second kappa shape index (κ2) is 4.64. The average Bonchev–Trinajstić information content (AvgIpc) is 2.15. The maximum absolute atomic E-state index is 11.9. The van der Waals surface area contributed by atoms with E-state index in [1.165, 1.54) is 0 Å². The highest BCUT2D eigenvalue weighted by Gasteiger charge is 2.40. The summed E-state index contributed by atoms with van der Waals surface area (Å²) in [7, 11) is 0. The number of rotatable bonds is 2. The number of aliphatic carboxylic acids is 1. The normalized spacial score (nSPS) is 20.1. The molecule has 1 saturated heterocycles. The summed E-state index contributed by atoms with van der Waals surface area (Å²) in [4.78, 5) is 24.4. The zero-order valence-corrected chi connectivity index (χ0v) is 10.7. The SMILES string of the molecule is CC(C)(C)CC(=O)N1CCC(O)(C(=O)O)CC1. The van der Waals surface area contributed by atoms with Crippen molar-refractivity contribution in [2.75, 3.05) is 13.1 Å². The Morgan fingerprint density at radius 2 is 1.71 bits per heavy atom. The van der Waals surface area contributed by atoms with Gasteiger partial charge in [-0.05, 0) is 5.41 Å². The summed E-state index contributed by atoms with van der Waals surface area (Å²) in [6, 6.07) is 0. The average molecular weight is 243 g/mol. The van der Waals surface area contributed by atoms with Crippen molar-refractivity contribution < 1.29 is 19.8 Å². The summed E-state index contributed by atoms with van der Waals surface area (Å²) in [6.07, 6.45) is 0.662. The van der Waals surface area contributed by atoms with Crippen molar-refractivity contribution in [1.29, 1.82) is 0 Å². The molecule has 0 unspecified atom stereocenters. The van der Waals surface area contributed by atoms with Crippen LogP contribution in [0.1, 0.15) is 40.0 Å². The Morgan fingerprint density at radius 1 is 1.24 bits per heavy atom. The quantitative estimate of drug-likeness (QED) is 0.754. The molecule has 1 aliphatic rings. The third-order valence-electron chi connectivity index (χ3n) is 3.02. The van der Waals surface area contributed by atoms with E-state index in [0.717, 1.165) is 0 Å². The van der Waals surface area contributed by atoms with Crippen molar-refractivity contribution in [3.63, 3.8) is 0 Å². The maximum Gasteiger partial charge on any atom is 0.335 e. The van der Waals surface area contributed by atoms with Crippen molar-refractivity contribution in [2.24, 2.45) is 5.41 Å². The second-order valence-corrected chi connectivity index (χ2v) is 5.95. The van der Waals surface area contributed by atoms with Gasteiger partial charge >= 0.3 is 5.97 Å². The van der Waals surface area contributed by atoms with Crippen LogP contribution in [0.15, 0.2) is 0 Å². The monoisotopic (exact) mass is 243 g/mol. The highest BCUT2D eigenvalue weighted by Crippen LogP contribution is 2.25. The highest BCUT2D eigenvalue weighted by atomic mass is 16.4. The van der Waals surface area contributed by atoms with E-state index in [9.17, 15) is 14.7 Å². The molecule has 1 heterocycles. The smallest absolute Gasteiger partial charge is 0.335 e. The summed E-state index contributed by atoms with van der Waals surface area (Å²) >= 11 is 0. The fraction of sp³-hybridized carbons (Fsp3) is 0.833. The van der Waals surface area contributed by atoms with Crippen molar-refractivity contribution in [3.05, 3.63) is 0 Å². The molecular weight excluding hydrogens is 222 g/mol. The van der Waals surface area contributed by atoms with Gasteiger partial charge in [-0.15, -0.1) is 0 Å². The van der Waals surface area contributed by atoms with E-state index < -0.39 is 11.6 Å². The number of likely N-dealkylation sites (tertiary alicyclic amines) is 1. The molecule has 0 bridgehead atoms. The number of hydrogen-bond donors (Lipinski definition) is 2. The van der Waals surface area contributed by atoms with Crippen LogP contribution >= 0.6 is 0 Å². The molecule has 5 nitrogen and oxygen atoms in total. The minimum absolute atomic E-state index is 0.0324. The first kappa shape index (κ1) is 14.0. The summed E-state index contributed by atoms with van der Waals surface area (Å²) in [5.74, 6) is -1.16. The minimum Gasteiger partial charge on any atom is -0.479 e. The second-order valence-electron chi connectivity index (χ2n) is 5.95. The molecule has 0 atom stereocenters. The zero-order valence-electron chi connectivity index (χ0n) is 10.7. The lowest BCUT2D eigenvalue weighted by Gasteiger charge is -2.36. The van der Waals surface area contributed by atoms with Gasteiger partial charge < -0.3 is 15.1 Å². The molecule has 1 fully saturated rings. The van der Waals surface area contributed by atoms with Gasteiger partial charge in [-0.1, -0.05) is 20.8 Å². The standard InChI is InChI=1S/C12H21NO4/c1-11(2,3)8-9(14)13-6-4-12(17,5-7-13)10(15)16/h17H,4-8H2,1-3H3,(H,15,16). The van der Waals surface area contributed by atoms with E-state index in [-0.39, 0.29) is 24.2 Å². The van der Waals surface area contributed by atoms with Gasteiger partial charge in [0.2, 0.25) is 5.91 Å². The Morgan fingerprint density at radius 3 is 2.06 bits per heavy atom. The number of nitrogens with zero attached hydrogens (tertiary/aromatic N) is 1. The van der Waals surface area contributed by atoms with Crippen LogP contribution in [0.25, 0.3) is 0 Å². The number of carboxylic acids is 1. The van der Waals surface area contributed by atoms with Crippen LogP contribution in [-0.2, 0) is 9.59 Å². The highest BCUT2D eigenvalue weighted by molar-refractivity contribution is 5.79. The molecule has 0 aromatic rings. The van der Waals surface area contributed by atoms with Gasteiger partial charge in [0.05, 0.1) is 0 Å². The Hall–Kier alpha value is -1.10. The minimum atomic E-state index is -1.65. The molecule has 0 aromatic carbocycles. The summed E-state index contributed by atoms with van der Waals surface area (Å²) in [5.41, 5.74) is -1.73. The summed E-state index contributed by atoms with van der Waals surface area (Å²) in [5, 5.41) is 18.6. The van der Waals surface area contributed by atoms with Gasteiger partial charge in [-0.25, -0.2) is 4.79 Å². The van der Waals surface area contributed by atoms with E-state index in [1.807, 2.05) is 20.8 Å². The van der Waals surface area contributed by atoms with Crippen molar-refractivity contribution in [1.82, 2.24) is 4.90 Å². The van der Waals surface area contributed by atoms with Crippen LogP contribution in [0.4, 0.5) is 0 Å². The lowest BCUT2D eigenvalue weighted by molar-refractivity contribution is -0.165. The van der Waals surface area contributed by atoms with E-state index in [2.05, 4.69) is 0 Å². The van der Waals surface area contributed by atoms with Crippen LogP contribution in [0.3, 0.4) is 0 Å². The predicted octanol–water partition coefficient (Wildman–Crippen LogP) is 0.861. The van der Waals surface area contributed by atoms with E-state index >= 15 is 0 Å². The molecule has 98 valence electrons. The molecule has 17 heavy (non-hydrogen) atoms. The number of piperidine rings is 1. The van der Waals surface area contributed by atoms with Crippen molar-refractivity contribution in [3.8, 4) is 0 Å². The number of aliphatic hydroxyl groups is 1. The van der Waals surface area contributed by atoms with Crippen molar-refractivity contribution >= 4 is 11.9 Å². The molecule has 0 saturated carbocycles. The van der Waals surface area contributed by atoms with Crippen LogP contribution in [0, 0.1) is 5.41 Å². The molecule has 1 amide bonds. The van der Waals surface area contributed by atoms with Crippen LogP contribution < -0.4 is 0 Å². The van der Waals surface area contributed by atoms with Gasteiger partial charge in [-0.2, -0.15) is 0 Å². The van der Waals surface area contributed by atoms with Crippen molar-refractivity contribution in [2.45, 2.75) is 45.6 Å². The van der Waals surface area contributed by atoms with Crippen LogP contribution in [0.2, 0.25) is 0 Å². The third-order valence-corrected chi connectivity index (χ3v) is 3.02. The number of amides is 1. The first-order chi connectivity index (χ1) is 7.64. The fourth-order valence-corrected chi connectivity index (χ4v) is 1.91. The zero-order chi connectivity index (χ0) is 13.3. The van der Waals surface area contributed by atoms with E-state index in [0.29, 0.717) is 19.5 Å². The molecule has 0 aliphatic carbocycles. The van der Waals surface area contributed by atoms with E-state index in [4.69, 9.17) is 5.11 Å². The number of hydrogen-bond acceptors (Lipinski definition) is 3. The van der Waals surface area contributed by atoms with Gasteiger partial charge in [0.1, 0.15) is 0 Å². The molecule has 2 N–H and O–H groups in total. The molecule has 5 heteroatoms. The lowest BCUT2D eigenvalue weighted by Crippen LogP contribution is -2.51. The number of carbonyl (C=O) groups excluding carboxylic acids is 1. The largest absolute Gasteiger partial charge is 0.479 e. The molecule has 0 spiro atoms. The first-order valence-corrected chi connectivity index (χ1v) is 5.88. The molecule has 1 aliphatic heterocycles. The van der Waals surface area contributed by atoms with Gasteiger partial charge in [0.15, 0.2) is 5.60 Å². The lowest BCUT2D eigenvalue weighted by atomic mass is 9.89. The molecule has 0 radical (unpaired) electrons. The Labute approximate surface area is 101 Å². The van der Waals surface area contributed by atoms with Crippen LogP contribution in [0.5, 0.6) is 0 Å². The topological polar surface area (TPSA) is 77.8 Å². The molecular formula is C12H21NO4. The Balaban J connectivity index is 2.53. The van der Waals surface area contributed by atoms with E-state index in [1.54, 1.807) is 4.90 Å². The third kappa shape index (κ3) is 3.70. The Kier molecular flexibility index (Phi) is 3.81. The Bertz CT molecular complexity index is 311.